The molecule has 3 heteroatoms. The van der Waals surface area contributed by atoms with Gasteiger partial charge in [-0.3, -0.25) is 4.79 Å². The van der Waals surface area contributed by atoms with E-state index in [0.29, 0.717) is 10.3 Å². The van der Waals surface area contributed by atoms with Crippen LogP contribution in [-0.4, -0.2) is 16.0 Å². The molecular formula is C16H27IO2. The minimum atomic E-state index is -0.00983. The van der Waals surface area contributed by atoms with E-state index in [1.165, 1.54) is 32.1 Å². The van der Waals surface area contributed by atoms with E-state index in [2.05, 4.69) is 41.7 Å². The highest BCUT2D eigenvalue weighted by atomic mass is 127. The number of unbranched alkanes of at least 4 members (excludes halogenated alkanes) is 4. The van der Waals surface area contributed by atoms with Gasteiger partial charge in [-0.05, 0) is 38.5 Å². The number of rotatable bonds is 9. The first kappa shape index (κ1) is 17.0. The van der Waals surface area contributed by atoms with Gasteiger partial charge >= 0.3 is 5.97 Å². The van der Waals surface area contributed by atoms with E-state index in [1.54, 1.807) is 0 Å². The van der Waals surface area contributed by atoms with Crippen LogP contribution in [0.4, 0.5) is 0 Å². The molecule has 19 heavy (non-hydrogen) atoms. The predicted molar refractivity (Wildman–Crippen MR) is 88.7 cm³/mol. The fraction of sp³-hybridized carbons (Fsp3) is 0.812. The Labute approximate surface area is 131 Å². The highest BCUT2D eigenvalue weighted by Gasteiger charge is 2.25. The Morgan fingerprint density at radius 3 is 2.84 bits per heavy atom. The molecule has 0 bridgehead atoms. The lowest BCUT2D eigenvalue weighted by atomic mass is 10.0. The maximum absolute atomic E-state index is 11.2. The van der Waals surface area contributed by atoms with Crippen molar-refractivity contribution in [2.75, 3.05) is 0 Å². The lowest BCUT2D eigenvalue weighted by Crippen LogP contribution is -2.30. The Morgan fingerprint density at radius 2 is 2.11 bits per heavy atom. The van der Waals surface area contributed by atoms with Crippen LogP contribution in [-0.2, 0) is 9.53 Å². The van der Waals surface area contributed by atoms with Crippen LogP contribution in [0.3, 0.4) is 0 Å². The standard InChI is InChI=1S/C16H27IO2/c1-2-3-4-5-6-7-8-9-11-14(17)15-12-10-13-16(18)19-15/h7-8,14-15H,2-6,9-13H2,1H3/b8-7-. The Morgan fingerprint density at radius 1 is 1.32 bits per heavy atom. The summed E-state index contributed by atoms with van der Waals surface area (Å²) >= 11 is 2.44. The minimum Gasteiger partial charge on any atom is -0.461 e. The van der Waals surface area contributed by atoms with E-state index in [4.69, 9.17) is 4.74 Å². The molecule has 2 unspecified atom stereocenters. The molecule has 0 spiro atoms. The monoisotopic (exact) mass is 378 g/mol. The van der Waals surface area contributed by atoms with Gasteiger partial charge < -0.3 is 4.74 Å². The normalized spacial score (nSPS) is 21.6. The fourth-order valence-corrected chi connectivity index (χ4v) is 3.22. The summed E-state index contributed by atoms with van der Waals surface area (Å²) in [7, 11) is 0. The number of cyclic esters (lactones) is 1. The Hall–Kier alpha value is -0.0600. The molecule has 2 atom stereocenters. The largest absolute Gasteiger partial charge is 0.461 e. The van der Waals surface area contributed by atoms with Gasteiger partial charge in [-0.15, -0.1) is 0 Å². The number of halogens is 1. The van der Waals surface area contributed by atoms with Crippen molar-refractivity contribution in [1.29, 1.82) is 0 Å². The maximum Gasteiger partial charge on any atom is 0.306 e. The van der Waals surface area contributed by atoms with Crippen molar-refractivity contribution in [3.8, 4) is 0 Å². The number of allylic oxidation sites excluding steroid dienone is 2. The molecule has 0 radical (unpaired) electrons. The molecule has 0 aromatic carbocycles. The molecule has 0 amide bonds. The van der Waals surface area contributed by atoms with Gasteiger partial charge in [0.05, 0.1) is 0 Å². The third-order valence-electron chi connectivity index (χ3n) is 3.56. The predicted octanol–water partition coefficient (Wildman–Crippen LogP) is 5.19. The Kier molecular flexibility index (Phi) is 9.57. The van der Waals surface area contributed by atoms with Crippen LogP contribution in [0.2, 0.25) is 0 Å². The summed E-state index contributed by atoms with van der Waals surface area (Å²) in [6.45, 7) is 2.24. The van der Waals surface area contributed by atoms with E-state index >= 15 is 0 Å². The molecular weight excluding hydrogens is 351 g/mol. The van der Waals surface area contributed by atoms with Crippen molar-refractivity contribution >= 4 is 28.6 Å². The van der Waals surface area contributed by atoms with E-state index < -0.39 is 0 Å². The highest BCUT2D eigenvalue weighted by Crippen LogP contribution is 2.25. The van der Waals surface area contributed by atoms with Gasteiger partial charge in [-0.1, -0.05) is 60.9 Å². The molecule has 1 aliphatic heterocycles. The van der Waals surface area contributed by atoms with Crippen LogP contribution in [0.5, 0.6) is 0 Å². The van der Waals surface area contributed by atoms with E-state index in [0.717, 1.165) is 25.7 Å². The number of carbonyl (C=O) groups excluding carboxylic acids is 1. The van der Waals surface area contributed by atoms with E-state index in [1.807, 2.05) is 0 Å². The third-order valence-corrected chi connectivity index (χ3v) is 4.98. The zero-order valence-corrected chi connectivity index (χ0v) is 14.2. The molecule has 0 N–H and O–H groups in total. The second kappa shape index (κ2) is 10.7. The van der Waals surface area contributed by atoms with Crippen LogP contribution in [0.15, 0.2) is 12.2 Å². The van der Waals surface area contributed by atoms with Gasteiger partial charge in [0.25, 0.3) is 0 Å². The molecule has 110 valence electrons. The summed E-state index contributed by atoms with van der Waals surface area (Å²) in [6.07, 6.45) is 16.2. The average Bonchev–Trinajstić information content (AvgIpc) is 2.41. The number of esters is 1. The lowest BCUT2D eigenvalue weighted by molar-refractivity contribution is -0.153. The van der Waals surface area contributed by atoms with E-state index in [9.17, 15) is 4.79 Å². The molecule has 0 aliphatic carbocycles. The van der Waals surface area contributed by atoms with Gasteiger partial charge in [0.2, 0.25) is 0 Å². The molecule has 2 nitrogen and oxygen atoms in total. The first-order chi connectivity index (χ1) is 9.24. The zero-order valence-electron chi connectivity index (χ0n) is 12.1. The van der Waals surface area contributed by atoms with Crippen LogP contribution >= 0.6 is 22.6 Å². The molecule has 0 saturated carbocycles. The number of hydrogen-bond acceptors (Lipinski definition) is 2. The Balaban J connectivity index is 2.04. The lowest BCUT2D eigenvalue weighted by Gasteiger charge is -2.26. The van der Waals surface area contributed by atoms with Crippen molar-refractivity contribution < 1.29 is 9.53 Å². The van der Waals surface area contributed by atoms with Crippen molar-refractivity contribution in [1.82, 2.24) is 0 Å². The summed E-state index contributed by atoms with van der Waals surface area (Å²) in [4.78, 5) is 11.2. The number of hydrogen-bond donors (Lipinski definition) is 0. The van der Waals surface area contributed by atoms with E-state index in [-0.39, 0.29) is 12.1 Å². The van der Waals surface area contributed by atoms with Crippen LogP contribution < -0.4 is 0 Å². The van der Waals surface area contributed by atoms with Gasteiger partial charge in [-0.2, -0.15) is 0 Å². The van der Waals surface area contributed by atoms with Crippen molar-refractivity contribution in [2.24, 2.45) is 0 Å². The molecule has 1 rings (SSSR count). The topological polar surface area (TPSA) is 26.3 Å². The number of ether oxygens (including phenoxy) is 1. The van der Waals surface area contributed by atoms with Crippen molar-refractivity contribution in [3.63, 3.8) is 0 Å². The first-order valence-electron chi connectivity index (χ1n) is 7.72. The van der Waals surface area contributed by atoms with Crippen molar-refractivity contribution in [2.45, 2.75) is 81.2 Å². The Bertz CT molecular complexity index is 276. The molecule has 1 aliphatic rings. The zero-order chi connectivity index (χ0) is 13.9. The second-order valence-corrected chi connectivity index (χ2v) is 6.93. The number of alkyl halides is 1. The van der Waals surface area contributed by atoms with Crippen LogP contribution in [0.25, 0.3) is 0 Å². The van der Waals surface area contributed by atoms with Gasteiger partial charge in [-0.25, -0.2) is 0 Å². The molecule has 0 aromatic heterocycles. The third kappa shape index (κ3) is 7.95. The number of carbonyl (C=O) groups is 1. The average molecular weight is 378 g/mol. The van der Waals surface area contributed by atoms with Crippen LogP contribution in [0.1, 0.15) is 71.1 Å². The van der Waals surface area contributed by atoms with Gasteiger partial charge in [0.15, 0.2) is 0 Å². The van der Waals surface area contributed by atoms with Gasteiger partial charge in [0, 0.05) is 10.3 Å². The second-order valence-electron chi connectivity index (χ2n) is 5.33. The molecule has 1 saturated heterocycles. The molecule has 1 fully saturated rings. The summed E-state index contributed by atoms with van der Waals surface area (Å²) in [5.41, 5.74) is 0. The van der Waals surface area contributed by atoms with Gasteiger partial charge in [0.1, 0.15) is 6.10 Å². The first-order valence-corrected chi connectivity index (χ1v) is 8.97. The van der Waals surface area contributed by atoms with Crippen LogP contribution in [0, 0.1) is 0 Å². The summed E-state index contributed by atoms with van der Waals surface area (Å²) in [6, 6.07) is 0. The fourth-order valence-electron chi connectivity index (χ4n) is 2.35. The SMILES string of the molecule is CCCCCC/C=C\CCC(I)C1CCCC(=O)O1. The smallest absolute Gasteiger partial charge is 0.306 e. The quantitative estimate of drug-likeness (QED) is 0.181. The summed E-state index contributed by atoms with van der Waals surface area (Å²) in [5.74, 6) is -0.00983. The summed E-state index contributed by atoms with van der Waals surface area (Å²) < 4.78 is 5.86. The minimum absolute atomic E-state index is 0.00983. The highest BCUT2D eigenvalue weighted by molar-refractivity contribution is 14.1. The molecule has 0 aromatic rings. The maximum atomic E-state index is 11.2. The summed E-state index contributed by atoms with van der Waals surface area (Å²) in [5, 5.41) is 0. The van der Waals surface area contributed by atoms with Crippen molar-refractivity contribution in [3.05, 3.63) is 12.2 Å². The molecule has 1 heterocycles.